The Morgan fingerprint density at radius 3 is 1.12 bits per heavy atom. The van der Waals surface area contributed by atoms with Gasteiger partial charge in [-0.25, -0.2) is 0 Å². The van der Waals surface area contributed by atoms with Gasteiger partial charge in [0.2, 0.25) is 0 Å². The zero-order chi connectivity index (χ0) is 22.2. The van der Waals surface area contributed by atoms with Crippen molar-refractivity contribution >= 4 is 18.1 Å². The number of hydrogen-bond donors (Lipinski definition) is 0. The van der Waals surface area contributed by atoms with Crippen LogP contribution in [0.5, 0.6) is 23.0 Å². The van der Waals surface area contributed by atoms with Crippen LogP contribution in [0.2, 0.25) is 0 Å². The number of benzene rings is 4. The monoisotopic (exact) mass is 462 g/mol. The Balaban J connectivity index is 1.47. The maximum absolute atomic E-state index is 6.02. The fourth-order valence-corrected chi connectivity index (χ4v) is 4.38. The minimum atomic E-state index is -0.162. The summed E-state index contributed by atoms with van der Waals surface area (Å²) in [7, 11) is -0.323. The van der Waals surface area contributed by atoms with E-state index in [4.69, 9.17) is 18.1 Å². The van der Waals surface area contributed by atoms with E-state index in [9.17, 15) is 0 Å². The molecule has 4 nitrogen and oxygen atoms in total. The Labute approximate surface area is 192 Å². The van der Waals surface area contributed by atoms with Crippen molar-refractivity contribution in [3.05, 3.63) is 108 Å². The molecule has 0 radical (unpaired) electrons. The second kappa shape index (κ2) is 11.0. The van der Waals surface area contributed by atoms with Crippen LogP contribution in [-0.4, -0.2) is 0 Å². The van der Waals surface area contributed by atoms with E-state index in [1.54, 1.807) is 0 Å². The molecular weight excluding hydrogens is 438 g/mol. The van der Waals surface area contributed by atoms with Gasteiger partial charge in [-0.2, -0.15) is 0 Å². The van der Waals surface area contributed by atoms with E-state index >= 15 is 0 Å². The predicted octanol–water partition coefficient (Wildman–Crippen LogP) is 7.90. The highest BCUT2D eigenvalue weighted by Gasteiger charge is 2.12. The van der Waals surface area contributed by atoms with Crippen molar-refractivity contribution in [1.82, 2.24) is 0 Å². The van der Waals surface area contributed by atoms with Gasteiger partial charge < -0.3 is 18.1 Å². The lowest BCUT2D eigenvalue weighted by molar-refractivity contribution is 0.510. The maximum atomic E-state index is 6.02. The zero-order valence-corrected chi connectivity index (χ0v) is 19.9. The van der Waals surface area contributed by atoms with E-state index in [-0.39, 0.29) is 18.1 Å². The van der Waals surface area contributed by atoms with Gasteiger partial charge in [0.05, 0.1) is 0 Å². The van der Waals surface area contributed by atoms with Crippen LogP contribution in [0.4, 0.5) is 0 Å². The van der Waals surface area contributed by atoms with Crippen LogP contribution < -0.4 is 18.1 Å². The first-order valence-electron chi connectivity index (χ1n) is 10.2. The van der Waals surface area contributed by atoms with E-state index < -0.39 is 0 Å². The van der Waals surface area contributed by atoms with Crippen LogP contribution in [0.25, 0.3) is 11.1 Å². The van der Waals surface area contributed by atoms with Gasteiger partial charge in [0.15, 0.2) is 0 Å². The molecule has 2 atom stereocenters. The Kier molecular flexibility index (Phi) is 7.61. The summed E-state index contributed by atoms with van der Waals surface area (Å²) in [5, 5.41) is 0. The number of rotatable bonds is 9. The van der Waals surface area contributed by atoms with Crippen molar-refractivity contribution in [2.75, 3.05) is 0 Å². The molecule has 0 spiro atoms. The highest BCUT2D eigenvalue weighted by atomic mass is 31.1. The molecule has 2 unspecified atom stereocenters. The Morgan fingerprint density at radius 2 is 0.719 bits per heavy atom. The topological polar surface area (TPSA) is 36.9 Å². The maximum Gasteiger partial charge on any atom is 0.275 e. The van der Waals surface area contributed by atoms with Gasteiger partial charge in [-0.1, -0.05) is 72.8 Å². The Bertz CT molecular complexity index is 1090. The third kappa shape index (κ3) is 5.59. The lowest BCUT2D eigenvalue weighted by atomic mass is 10.0. The molecule has 0 bridgehead atoms. The van der Waals surface area contributed by atoms with Gasteiger partial charge in [-0.3, -0.25) is 0 Å². The number of aryl methyl sites for hydroxylation is 2. The van der Waals surface area contributed by atoms with E-state index in [1.165, 1.54) is 0 Å². The lowest BCUT2D eigenvalue weighted by Gasteiger charge is -2.15. The van der Waals surface area contributed by atoms with Crippen molar-refractivity contribution in [2.45, 2.75) is 13.8 Å². The van der Waals surface area contributed by atoms with Crippen molar-refractivity contribution < 1.29 is 18.1 Å². The fourth-order valence-electron chi connectivity index (χ4n) is 3.12. The molecule has 0 heterocycles. The summed E-state index contributed by atoms with van der Waals surface area (Å²) in [6, 6.07) is 31.6. The summed E-state index contributed by atoms with van der Waals surface area (Å²) in [6.45, 7) is 4.03. The SMILES string of the molecule is Cc1ccccc1OPOc1ccccc1-c1ccccc1OPOc1ccccc1C. The molecule has 0 aliphatic heterocycles. The average Bonchev–Trinajstić information content (AvgIpc) is 2.82. The Hall–Kier alpha value is -3.06. The summed E-state index contributed by atoms with van der Waals surface area (Å²) >= 11 is 0. The second-order valence-electron chi connectivity index (χ2n) is 7.10. The van der Waals surface area contributed by atoms with Gasteiger partial charge >= 0.3 is 0 Å². The summed E-state index contributed by atoms with van der Waals surface area (Å²) in [5.41, 5.74) is 4.02. The third-order valence-electron chi connectivity index (χ3n) is 4.86. The molecule has 0 fully saturated rings. The summed E-state index contributed by atoms with van der Waals surface area (Å²) in [4.78, 5) is 0. The van der Waals surface area contributed by atoms with Crippen molar-refractivity contribution in [1.29, 1.82) is 0 Å². The predicted molar refractivity (Wildman–Crippen MR) is 133 cm³/mol. The first-order chi connectivity index (χ1) is 15.7. The molecule has 0 N–H and O–H groups in total. The molecule has 6 heteroatoms. The van der Waals surface area contributed by atoms with E-state index in [2.05, 4.69) is 0 Å². The molecule has 0 aliphatic rings. The van der Waals surface area contributed by atoms with Crippen molar-refractivity contribution in [3.63, 3.8) is 0 Å². The van der Waals surface area contributed by atoms with Crippen LogP contribution in [0.15, 0.2) is 97.1 Å². The van der Waals surface area contributed by atoms with Crippen molar-refractivity contribution in [3.8, 4) is 34.1 Å². The molecule has 0 saturated heterocycles. The molecule has 0 aromatic heterocycles. The molecule has 0 amide bonds. The average molecular weight is 462 g/mol. The van der Waals surface area contributed by atoms with Crippen LogP contribution in [0, 0.1) is 13.8 Å². The van der Waals surface area contributed by atoms with E-state index in [0.29, 0.717) is 0 Å². The minimum absolute atomic E-state index is 0.162. The first kappa shape index (κ1) is 22.1. The van der Waals surface area contributed by atoms with Gasteiger partial charge in [0.1, 0.15) is 23.0 Å². The largest absolute Gasteiger partial charge is 0.440 e. The van der Waals surface area contributed by atoms with Crippen LogP contribution in [0.1, 0.15) is 11.1 Å². The van der Waals surface area contributed by atoms with Gasteiger partial charge in [-0.15, -0.1) is 0 Å². The zero-order valence-electron chi connectivity index (χ0n) is 17.9. The van der Waals surface area contributed by atoms with Gasteiger partial charge in [-0.05, 0) is 49.2 Å². The summed E-state index contributed by atoms with van der Waals surface area (Å²) in [6.07, 6.45) is 0. The fraction of sp³-hybridized carbons (Fsp3) is 0.0769. The highest BCUT2D eigenvalue weighted by Crippen LogP contribution is 2.40. The molecular formula is C26H24O4P2. The second-order valence-corrected chi connectivity index (χ2v) is 8.25. The van der Waals surface area contributed by atoms with Crippen molar-refractivity contribution in [2.24, 2.45) is 0 Å². The summed E-state index contributed by atoms with van der Waals surface area (Å²) in [5.74, 6) is 3.11. The van der Waals surface area contributed by atoms with Crippen LogP contribution in [-0.2, 0) is 0 Å². The molecule has 0 saturated carbocycles. The van der Waals surface area contributed by atoms with Gasteiger partial charge in [0, 0.05) is 11.1 Å². The van der Waals surface area contributed by atoms with Crippen LogP contribution >= 0.6 is 18.1 Å². The molecule has 32 heavy (non-hydrogen) atoms. The van der Waals surface area contributed by atoms with E-state index in [0.717, 1.165) is 45.3 Å². The van der Waals surface area contributed by atoms with E-state index in [1.807, 2.05) is 111 Å². The molecule has 4 rings (SSSR count). The normalized spacial score (nSPS) is 11.2. The van der Waals surface area contributed by atoms with Crippen LogP contribution in [0.3, 0.4) is 0 Å². The summed E-state index contributed by atoms with van der Waals surface area (Å²) < 4.78 is 23.7. The Morgan fingerprint density at radius 1 is 0.406 bits per heavy atom. The molecule has 4 aromatic carbocycles. The molecule has 4 aromatic rings. The lowest BCUT2D eigenvalue weighted by Crippen LogP contribution is -1.92. The molecule has 0 aliphatic carbocycles. The molecule has 162 valence electrons. The highest BCUT2D eigenvalue weighted by molar-refractivity contribution is 7.27. The third-order valence-corrected chi connectivity index (χ3v) is 6.07. The standard InChI is InChI=1S/C26H24O4P2/c1-19-11-3-7-15-23(19)27-31-29-25-17-9-5-13-21(25)22-14-6-10-18-26(22)30-32-28-24-16-8-4-12-20(24)2/h3-18,31-32H,1-2H3. The van der Waals surface area contributed by atoms with Gasteiger partial charge in [0.25, 0.3) is 18.1 Å². The quantitative estimate of drug-likeness (QED) is 0.237. The number of para-hydroxylation sites is 4. The first-order valence-corrected chi connectivity index (χ1v) is 11.8. The number of hydrogen-bond acceptors (Lipinski definition) is 4. The minimum Gasteiger partial charge on any atom is -0.440 e. The smallest absolute Gasteiger partial charge is 0.275 e.